The van der Waals surface area contributed by atoms with Gasteiger partial charge in [-0.2, -0.15) is 0 Å². The number of hydrogen-bond donors (Lipinski definition) is 0. The number of fused-ring (bicyclic) bond motifs is 1. The van der Waals surface area contributed by atoms with Crippen LogP contribution in [-0.4, -0.2) is 41.9 Å². The molecule has 1 amide bonds. The van der Waals surface area contributed by atoms with Crippen molar-refractivity contribution >= 4 is 5.91 Å². The van der Waals surface area contributed by atoms with Gasteiger partial charge in [-0.05, 0) is 17.4 Å². The summed E-state index contributed by atoms with van der Waals surface area (Å²) in [5.41, 5.74) is 1.39. The van der Waals surface area contributed by atoms with Crippen LogP contribution in [0.1, 0.15) is 19.4 Å². The molecule has 0 aromatic heterocycles. The van der Waals surface area contributed by atoms with Crippen molar-refractivity contribution in [3.63, 3.8) is 0 Å². The van der Waals surface area contributed by atoms with E-state index in [0.717, 1.165) is 32.7 Å². The van der Waals surface area contributed by atoms with Gasteiger partial charge >= 0.3 is 0 Å². The van der Waals surface area contributed by atoms with E-state index in [1.807, 2.05) is 13.8 Å². The molecular formula is C17H24N2O. The molecule has 20 heavy (non-hydrogen) atoms. The Hall–Kier alpha value is -1.35. The lowest BCUT2D eigenvalue weighted by molar-refractivity contribution is -0.133. The van der Waals surface area contributed by atoms with Gasteiger partial charge in [-0.3, -0.25) is 9.69 Å². The standard InChI is InChI=1S/C17H24N2O/c1-13(2)17(20)19-11-15-9-18(10-16(15)12-19)8-14-6-4-3-5-7-14/h3-7,13,15-16H,8-12H2,1-2H3. The van der Waals surface area contributed by atoms with Gasteiger partial charge in [0.15, 0.2) is 0 Å². The average Bonchev–Trinajstić information content (AvgIpc) is 2.96. The number of rotatable bonds is 3. The van der Waals surface area contributed by atoms with Crippen molar-refractivity contribution in [1.82, 2.24) is 9.80 Å². The Kier molecular flexibility index (Phi) is 3.79. The summed E-state index contributed by atoms with van der Waals surface area (Å²) in [4.78, 5) is 16.7. The van der Waals surface area contributed by atoms with Gasteiger partial charge in [0.2, 0.25) is 5.91 Å². The number of likely N-dealkylation sites (tertiary alicyclic amines) is 2. The van der Waals surface area contributed by atoms with Crippen LogP contribution in [0.2, 0.25) is 0 Å². The summed E-state index contributed by atoms with van der Waals surface area (Å²) >= 11 is 0. The van der Waals surface area contributed by atoms with Crippen molar-refractivity contribution in [3.05, 3.63) is 35.9 Å². The Morgan fingerprint density at radius 2 is 1.70 bits per heavy atom. The summed E-state index contributed by atoms with van der Waals surface area (Å²) in [5, 5.41) is 0. The topological polar surface area (TPSA) is 23.6 Å². The second-order valence-corrected chi connectivity index (χ2v) is 6.60. The summed E-state index contributed by atoms with van der Waals surface area (Å²) in [6, 6.07) is 10.7. The number of benzene rings is 1. The van der Waals surface area contributed by atoms with Gasteiger partial charge in [0.25, 0.3) is 0 Å². The Morgan fingerprint density at radius 3 is 2.25 bits per heavy atom. The molecule has 0 spiro atoms. The SMILES string of the molecule is CC(C)C(=O)N1CC2CN(Cc3ccccc3)CC2C1. The first-order valence-electron chi connectivity index (χ1n) is 7.68. The molecule has 3 nitrogen and oxygen atoms in total. The highest BCUT2D eigenvalue weighted by molar-refractivity contribution is 5.78. The molecular weight excluding hydrogens is 248 g/mol. The zero-order valence-electron chi connectivity index (χ0n) is 12.5. The number of nitrogens with zero attached hydrogens (tertiary/aromatic N) is 2. The highest BCUT2D eigenvalue weighted by atomic mass is 16.2. The van der Waals surface area contributed by atoms with Crippen LogP contribution in [0.4, 0.5) is 0 Å². The van der Waals surface area contributed by atoms with Gasteiger partial charge in [0, 0.05) is 38.6 Å². The molecule has 0 aliphatic carbocycles. The molecule has 1 aromatic carbocycles. The Balaban J connectivity index is 1.55. The van der Waals surface area contributed by atoms with E-state index < -0.39 is 0 Å². The van der Waals surface area contributed by atoms with Crippen LogP contribution < -0.4 is 0 Å². The minimum absolute atomic E-state index is 0.134. The lowest BCUT2D eigenvalue weighted by Crippen LogP contribution is -2.35. The zero-order valence-corrected chi connectivity index (χ0v) is 12.5. The van der Waals surface area contributed by atoms with Crippen LogP contribution in [-0.2, 0) is 11.3 Å². The van der Waals surface area contributed by atoms with Gasteiger partial charge in [-0.15, -0.1) is 0 Å². The Morgan fingerprint density at radius 1 is 1.10 bits per heavy atom. The predicted molar refractivity (Wildman–Crippen MR) is 80.1 cm³/mol. The molecule has 0 saturated carbocycles. The van der Waals surface area contributed by atoms with Crippen LogP contribution in [0, 0.1) is 17.8 Å². The minimum atomic E-state index is 0.134. The number of hydrogen-bond acceptors (Lipinski definition) is 2. The molecule has 2 aliphatic heterocycles. The van der Waals surface area contributed by atoms with E-state index in [2.05, 4.69) is 40.1 Å². The molecule has 3 rings (SSSR count). The van der Waals surface area contributed by atoms with Gasteiger partial charge in [-0.25, -0.2) is 0 Å². The second-order valence-electron chi connectivity index (χ2n) is 6.60. The summed E-state index contributed by atoms with van der Waals surface area (Å²) in [6.45, 7) is 9.26. The molecule has 2 saturated heterocycles. The van der Waals surface area contributed by atoms with E-state index in [-0.39, 0.29) is 5.92 Å². The zero-order chi connectivity index (χ0) is 14.1. The van der Waals surface area contributed by atoms with E-state index in [9.17, 15) is 4.79 Å². The van der Waals surface area contributed by atoms with Crippen molar-refractivity contribution in [2.45, 2.75) is 20.4 Å². The van der Waals surface area contributed by atoms with Crippen LogP contribution >= 0.6 is 0 Å². The molecule has 3 heteroatoms. The van der Waals surface area contributed by atoms with Gasteiger partial charge in [-0.1, -0.05) is 44.2 Å². The molecule has 108 valence electrons. The highest BCUT2D eigenvalue weighted by Gasteiger charge is 2.41. The van der Waals surface area contributed by atoms with Crippen molar-refractivity contribution in [3.8, 4) is 0 Å². The first-order valence-corrected chi connectivity index (χ1v) is 7.68. The Bertz CT molecular complexity index is 457. The lowest BCUT2D eigenvalue weighted by atomic mass is 10.0. The second kappa shape index (κ2) is 5.57. The first kappa shape index (κ1) is 13.6. The number of carbonyl (C=O) groups excluding carboxylic acids is 1. The normalized spacial score (nSPS) is 26.2. The summed E-state index contributed by atoms with van der Waals surface area (Å²) < 4.78 is 0. The minimum Gasteiger partial charge on any atom is -0.342 e. The molecule has 2 heterocycles. The van der Waals surface area contributed by atoms with Crippen LogP contribution in [0.5, 0.6) is 0 Å². The van der Waals surface area contributed by atoms with E-state index in [0.29, 0.717) is 17.7 Å². The molecule has 2 fully saturated rings. The monoisotopic (exact) mass is 272 g/mol. The maximum atomic E-state index is 12.1. The molecule has 2 atom stereocenters. The Labute approximate surface area is 121 Å². The van der Waals surface area contributed by atoms with Crippen LogP contribution in [0.3, 0.4) is 0 Å². The van der Waals surface area contributed by atoms with E-state index in [1.54, 1.807) is 0 Å². The van der Waals surface area contributed by atoms with E-state index in [1.165, 1.54) is 5.56 Å². The summed E-state index contributed by atoms with van der Waals surface area (Å²) in [6.07, 6.45) is 0. The van der Waals surface area contributed by atoms with Crippen LogP contribution in [0.15, 0.2) is 30.3 Å². The van der Waals surface area contributed by atoms with E-state index >= 15 is 0 Å². The molecule has 1 aromatic rings. The third-order valence-corrected chi connectivity index (χ3v) is 4.62. The van der Waals surface area contributed by atoms with Gasteiger partial charge in [0.1, 0.15) is 0 Å². The fourth-order valence-corrected chi connectivity index (χ4v) is 3.61. The molecule has 0 radical (unpaired) electrons. The molecule has 0 bridgehead atoms. The maximum absolute atomic E-state index is 12.1. The molecule has 2 unspecified atom stereocenters. The molecule has 0 N–H and O–H groups in total. The number of amides is 1. The van der Waals surface area contributed by atoms with E-state index in [4.69, 9.17) is 0 Å². The largest absolute Gasteiger partial charge is 0.342 e. The van der Waals surface area contributed by atoms with Gasteiger partial charge in [0.05, 0.1) is 0 Å². The third kappa shape index (κ3) is 2.73. The summed E-state index contributed by atoms with van der Waals surface area (Å²) in [7, 11) is 0. The average molecular weight is 272 g/mol. The third-order valence-electron chi connectivity index (χ3n) is 4.62. The fraction of sp³-hybridized carbons (Fsp3) is 0.588. The quantitative estimate of drug-likeness (QED) is 0.842. The molecule has 2 aliphatic rings. The lowest BCUT2D eigenvalue weighted by Gasteiger charge is -2.23. The van der Waals surface area contributed by atoms with Crippen molar-refractivity contribution < 1.29 is 4.79 Å². The fourth-order valence-electron chi connectivity index (χ4n) is 3.61. The van der Waals surface area contributed by atoms with Crippen LogP contribution in [0.25, 0.3) is 0 Å². The maximum Gasteiger partial charge on any atom is 0.225 e. The number of carbonyl (C=O) groups is 1. The summed E-state index contributed by atoms with van der Waals surface area (Å²) in [5.74, 6) is 1.83. The predicted octanol–water partition coefficient (Wildman–Crippen LogP) is 2.23. The first-order chi connectivity index (χ1) is 9.63. The van der Waals surface area contributed by atoms with Gasteiger partial charge < -0.3 is 4.90 Å². The van der Waals surface area contributed by atoms with Crippen molar-refractivity contribution in [2.75, 3.05) is 26.2 Å². The smallest absolute Gasteiger partial charge is 0.225 e. The highest BCUT2D eigenvalue weighted by Crippen LogP contribution is 2.32. The van der Waals surface area contributed by atoms with Crippen molar-refractivity contribution in [2.24, 2.45) is 17.8 Å². The van der Waals surface area contributed by atoms with Crippen molar-refractivity contribution in [1.29, 1.82) is 0 Å².